The number of phenolic OH excluding ortho intramolecular Hbond substituents is 1. The third-order valence-electron chi connectivity index (χ3n) is 19.1. The average molecular weight is 1660 g/mol. The first kappa shape index (κ1) is 101. The summed E-state index contributed by atoms with van der Waals surface area (Å²) in [5.41, 5.74) is 40.2. The number of aromatic hydroxyl groups is 1. The van der Waals surface area contributed by atoms with Gasteiger partial charge in [0.25, 0.3) is 0 Å². The minimum absolute atomic E-state index is 0.0358. The van der Waals surface area contributed by atoms with Crippen LogP contribution >= 0.6 is 0 Å². The summed E-state index contributed by atoms with van der Waals surface area (Å²) in [4.78, 5) is 189. The number of phenols is 1. The van der Waals surface area contributed by atoms with Crippen molar-refractivity contribution in [2.75, 3.05) is 26.2 Å². The number of nitrogens with two attached hydrogens (primary N) is 7. The van der Waals surface area contributed by atoms with Gasteiger partial charge in [0.2, 0.25) is 70.9 Å². The number of carbonyl (C=O) groups is 12. The second-order valence-electron chi connectivity index (χ2n) is 30.6. The molecule has 0 bridgehead atoms. The number of hydrogen-bond donors (Lipinski definition) is 22. The fourth-order valence-electron chi connectivity index (χ4n) is 12.7. The molecule has 0 saturated carbocycles. The Morgan fingerprint density at radius 3 is 1.21 bits per heavy atom. The summed E-state index contributed by atoms with van der Waals surface area (Å²) in [6, 6.07) is -1.97. The predicted molar refractivity (Wildman–Crippen MR) is 448 cm³/mol. The lowest BCUT2D eigenvalue weighted by Gasteiger charge is -2.29. The highest BCUT2D eigenvalue weighted by atomic mass is 16.3. The molecule has 12 atom stereocenters. The summed E-state index contributed by atoms with van der Waals surface area (Å²) in [5, 5.41) is 60.2. The molecule has 0 aliphatic rings. The second-order valence-corrected chi connectivity index (χ2v) is 30.6. The number of carbonyl (C=O) groups excluding carboxylic acids is 12. The number of nitrogens with zero attached hydrogens (tertiary/aromatic N) is 4. The molecule has 0 spiro atoms. The Bertz CT molecular complexity index is 3670. The van der Waals surface area contributed by atoms with E-state index < -0.39 is 144 Å². The van der Waals surface area contributed by atoms with Crippen molar-refractivity contribution in [3.63, 3.8) is 0 Å². The summed E-state index contributed by atoms with van der Waals surface area (Å²) in [5.74, 6) is -11.9. The molecule has 0 unspecified atom stereocenters. The molecule has 118 heavy (non-hydrogen) atoms. The van der Waals surface area contributed by atoms with Crippen molar-refractivity contribution in [2.45, 2.75) is 282 Å². The zero-order chi connectivity index (χ0) is 87.7. The Labute approximate surface area is 691 Å². The van der Waals surface area contributed by atoms with Crippen LogP contribution in [0.15, 0.2) is 82.1 Å². The van der Waals surface area contributed by atoms with E-state index in [9.17, 15) is 63.3 Å². The van der Waals surface area contributed by atoms with Crippen LogP contribution < -0.4 is 98.6 Å². The molecule has 0 fully saturated rings. The first-order valence-corrected chi connectivity index (χ1v) is 41.0. The minimum atomic E-state index is -1.84. The number of aliphatic hydroxyl groups excluding tert-OH is 2. The summed E-state index contributed by atoms with van der Waals surface area (Å²) in [6.45, 7) is 10.9. The number of imidazole rings is 1. The zero-order valence-corrected chi connectivity index (χ0v) is 69.5. The summed E-state index contributed by atoms with van der Waals surface area (Å²) < 4.78 is 0. The van der Waals surface area contributed by atoms with Crippen molar-refractivity contribution >= 4 is 88.8 Å². The number of benzene rings is 2. The Morgan fingerprint density at radius 2 is 0.780 bits per heavy atom. The van der Waals surface area contributed by atoms with E-state index in [1.54, 1.807) is 44.2 Å². The molecule has 658 valence electrons. The van der Waals surface area contributed by atoms with Crippen LogP contribution in [0.3, 0.4) is 0 Å². The highest BCUT2D eigenvalue weighted by Gasteiger charge is 2.38. The third kappa shape index (κ3) is 42.1. The van der Waals surface area contributed by atoms with Crippen molar-refractivity contribution in [1.82, 2.24) is 68.5 Å². The van der Waals surface area contributed by atoms with E-state index in [1.807, 2.05) is 13.8 Å². The number of hydrogen-bond acceptors (Lipinski definition) is 19. The van der Waals surface area contributed by atoms with Gasteiger partial charge >= 0.3 is 0 Å². The van der Waals surface area contributed by atoms with Gasteiger partial charge < -0.3 is 119 Å². The second kappa shape index (κ2) is 56.2. The SMILES string of the molecule is CCCCCCCCCCCCCCCC(=O)N[C@@H](CC(C)C)C(=O)N[C@@H](C)C(=O)N[C@@H](Cc1ccc(O)cc1)C(=O)N[C@@H](Cc1ccccc1)C(=O)N[C@@H](CCCN=C(N)N)C(=O)N[C@@H](CCCN=C(N)N)C(=O)N[C@@H](CC(C)C)C(=O)N[C@@H](Cc1cnc[nH]1)C(=O)N[C@@H](CO)C(=O)N[C@H](C(=O)N[C@@H](CCCN=C(N)N)C(N)=O)[C@@H](C)O. The van der Waals surface area contributed by atoms with Crippen molar-refractivity contribution in [3.05, 3.63) is 83.9 Å². The molecule has 12 amide bonds. The van der Waals surface area contributed by atoms with Crippen LogP contribution in [0.2, 0.25) is 0 Å². The standard InChI is InChI=1S/C80H133N23O15/c1-8-9-10-11-12-13-14-15-16-17-18-19-23-32-65(107)94-59(40-48(2)3)71(112)93-50(6)68(109)98-61(43-53-33-35-55(106)36-34-53)74(115)100-62(42-52-27-21-20-22-28-52)73(114)97-57(30-25-38-90-79(84)85)69(110)96-58(31-26-39-91-80(86)87)70(111)99-60(41-49(4)5)72(113)101-63(44-54-45-88-47-92-54)75(116)102-64(46-104)76(117)103-66(51(7)105)77(118)95-56(67(81)108)29-24-37-89-78(82)83/h20-22,27-28,33-36,45,47-51,56-64,66,104-106H,8-19,23-26,29-32,37-44,46H2,1-7H3,(H2,81,108)(H,88,92)(H,93,112)(H,94,107)(H,95,118)(H,96,110)(H,97,114)(H,98,109)(H,99,111)(H,100,115)(H,101,113)(H,102,116)(H,103,117)(H4,82,83,89)(H4,84,85,90)(H4,86,87,91)/t50-,51+,56-,57-,58-,59-,60-,61-,62-,63-,64-,66-/m0/s1. The van der Waals surface area contributed by atoms with Crippen LogP contribution in [-0.4, -0.2) is 213 Å². The number of unbranched alkanes of at least 4 members (excludes halogenated alkanes) is 12. The Morgan fingerprint density at radius 1 is 0.407 bits per heavy atom. The van der Waals surface area contributed by atoms with Crippen LogP contribution in [0.5, 0.6) is 5.75 Å². The van der Waals surface area contributed by atoms with Crippen molar-refractivity contribution < 1.29 is 72.9 Å². The molecule has 0 saturated heterocycles. The number of guanidine groups is 3. The van der Waals surface area contributed by atoms with Gasteiger partial charge in [-0.3, -0.25) is 72.5 Å². The fraction of sp³-hybridized carbons (Fsp3) is 0.625. The number of aromatic nitrogens is 2. The van der Waals surface area contributed by atoms with E-state index in [2.05, 4.69) is 90.4 Å². The van der Waals surface area contributed by atoms with E-state index in [0.29, 0.717) is 17.5 Å². The van der Waals surface area contributed by atoms with Crippen molar-refractivity contribution in [3.8, 4) is 5.75 Å². The number of aliphatic hydroxyl groups is 2. The van der Waals surface area contributed by atoms with E-state index in [4.69, 9.17) is 40.1 Å². The van der Waals surface area contributed by atoms with Gasteiger partial charge in [-0.2, -0.15) is 0 Å². The molecule has 38 heteroatoms. The smallest absolute Gasteiger partial charge is 0.245 e. The molecule has 3 rings (SSSR count). The highest BCUT2D eigenvalue weighted by Crippen LogP contribution is 2.18. The Hall–Kier alpha value is -11.2. The molecule has 0 aliphatic carbocycles. The van der Waals surface area contributed by atoms with E-state index in [1.165, 1.54) is 95.1 Å². The number of rotatable bonds is 60. The first-order valence-electron chi connectivity index (χ1n) is 41.0. The highest BCUT2D eigenvalue weighted by molar-refractivity contribution is 6.00. The number of nitrogens with one attached hydrogen (secondary N) is 12. The maximum Gasteiger partial charge on any atom is 0.245 e. The van der Waals surface area contributed by atoms with E-state index in [-0.39, 0.29) is 144 Å². The molecular weight excluding hydrogens is 1520 g/mol. The van der Waals surface area contributed by atoms with Gasteiger partial charge in [0.05, 0.1) is 19.0 Å². The third-order valence-corrected chi connectivity index (χ3v) is 19.1. The zero-order valence-electron chi connectivity index (χ0n) is 69.5. The van der Waals surface area contributed by atoms with Crippen LogP contribution in [-0.2, 0) is 76.8 Å². The van der Waals surface area contributed by atoms with Crippen molar-refractivity contribution in [2.24, 2.45) is 66.9 Å². The molecule has 2 aromatic carbocycles. The summed E-state index contributed by atoms with van der Waals surface area (Å²) >= 11 is 0. The number of primary amides is 1. The average Bonchev–Trinajstić information content (AvgIpc) is 0.903. The normalized spacial score (nSPS) is 14.2. The van der Waals surface area contributed by atoms with Crippen LogP contribution in [0, 0.1) is 11.8 Å². The molecular formula is C80H133N23O15. The molecule has 0 aliphatic heterocycles. The summed E-state index contributed by atoms with van der Waals surface area (Å²) in [6.07, 6.45) is 15.4. The monoisotopic (exact) mass is 1660 g/mol. The van der Waals surface area contributed by atoms with Gasteiger partial charge in [-0.05, 0) is 107 Å². The lowest BCUT2D eigenvalue weighted by molar-refractivity contribution is -0.137. The summed E-state index contributed by atoms with van der Waals surface area (Å²) in [7, 11) is 0. The van der Waals surface area contributed by atoms with Crippen LogP contribution in [0.25, 0.3) is 0 Å². The van der Waals surface area contributed by atoms with Gasteiger partial charge in [0, 0.05) is 57.2 Å². The minimum Gasteiger partial charge on any atom is -0.508 e. The maximum absolute atomic E-state index is 15.1. The number of H-pyrrole nitrogens is 1. The van der Waals surface area contributed by atoms with Gasteiger partial charge in [-0.25, -0.2) is 4.98 Å². The van der Waals surface area contributed by atoms with Gasteiger partial charge in [-0.1, -0.05) is 154 Å². The molecule has 1 heterocycles. The first-order chi connectivity index (χ1) is 56.1. The number of aromatic amines is 1. The van der Waals surface area contributed by atoms with Gasteiger partial charge in [0.15, 0.2) is 17.9 Å². The van der Waals surface area contributed by atoms with Crippen LogP contribution in [0.4, 0.5) is 0 Å². The lowest BCUT2D eigenvalue weighted by Crippen LogP contribution is -2.62. The fourth-order valence-corrected chi connectivity index (χ4v) is 12.7. The predicted octanol–water partition coefficient (Wildman–Crippen LogP) is -0.911. The van der Waals surface area contributed by atoms with Crippen molar-refractivity contribution in [1.29, 1.82) is 0 Å². The topological polar surface area (TPSA) is 646 Å². The lowest BCUT2D eigenvalue weighted by atomic mass is 10.0. The Kier molecular flexibility index (Phi) is 48.1. The maximum atomic E-state index is 15.1. The molecule has 1 aromatic heterocycles. The number of aliphatic imine (C=N–C) groups is 3. The number of amides is 12. The molecule has 38 nitrogen and oxygen atoms in total. The molecule has 3 aromatic rings. The van der Waals surface area contributed by atoms with Gasteiger partial charge in [-0.15, -0.1) is 0 Å². The van der Waals surface area contributed by atoms with E-state index >= 15 is 9.59 Å². The van der Waals surface area contributed by atoms with E-state index in [0.717, 1.165) is 32.6 Å². The molecule has 29 N–H and O–H groups in total. The largest absolute Gasteiger partial charge is 0.508 e. The molecule has 0 radical (unpaired) electrons. The quantitative estimate of drug-likeness (QED) is 0.0185. The Balaban J connectivity index is 1.97. The van der Waals surface area contributed by atoms with Crippen LogP contribution in [0.1, 0.15) is 207 Å². The van der Waals surface area contributed by atoms with Gasteiger partial charge in [0.1, 0.15) is 72.2 Å².